The molecule has 0 aliphatic rings. The van der Waals surface area contributed by atoms with Crippen LogP contribution >= 0.6 is 0 Å². The van der Waals surface area contributed by atoms with Gasteiger partial charge in [-0.1, -0.05) is 42.5 Å². The fraction of sp³-hybridized carbons (Fsp3) is 0.294. The summed E-state index contributed by atoms with van der Waals surface area (Å²) in [6, 6.07) is 18.4. The zero-order valence-corrected chi connectivity index (χ0v) is 11.6. The predicted molar refractivity (Wildman–Crippen MR) is 80.9 cm³/mol. The van der Waals surface area contributed by atoms with Gasteiger partial charge in [0.1, 0.15) is 5.75 Å². The fourth-order valence-corrected chi connectivity index (χ4v) is 1.95. The zero-order chi connectivity index (χ0) is 14.0. The molecule has 2 aromatic carbocycles. The number of rotatable bonds is 8. The lowest BCUT2D eigenvalue weighted by molar-refractivity contribution is 0.292. The Bertz CT molecular complexity index is 482. The highest BCUT2D eigenvalue weighted by atomic mass is 16.5. The van der Waals surface area contributed by atoms with Crippen LogP contribution in [0.5, 0.6) is 5.75 Å². The highest BCUT2D eigenvalue weighted by molar-refractivity contribution is 5.27. The van der Waals surface area contributed by atoms with Gasteiger partial charge in [-0.25, -0.2) is 0 Å². The van der Waals surface area contributed by atoms with Crippen molar-refractivity contribution in [3.05, 3.63) is 65.7 Å². The molecule has 0 radical (unpaired) electrons. The van der Waals surface area contributed by atoms with E-state index in [-0.39, 0.29) is 6.61 Å². The Morgan fingerprint density at radius 2 is 1.65 bits per heavy atom. The summed E-state index contributed by atoms with van der Waals surface area (Å²) in [5.41, 5.74) is 2.48. The van der Waals surface area contributed by atoms with Crippen LogP contribution in [0.25, 0.3) is 0 Å². The maximum Gasteiger partial charge on any atom is 0.119 e. The van der Waals surface area contributed by atoms with Crippen molar-refractivity contribution in [2.75, 3.05) is 19.8 Å². The lowest BCUT2D eigenvalue weighted by Crippen LogP contribution is -2.17. The van der Waals surface area contributed by atoms with E-state index in [2.05, 4.69) is 17.4 Å². The van der Waals surface area contributed by atoms with Crippen molar-refractivity contribution in [1.29, 1.82) is 0 Å². The minimum atomic E-state index is 0.167. The molecule has 0 aliphatic heterocycles. The quantitative estimate of drug-likeness (QED) is 0.724. The normalized spacial score (nSPS) is 10.4. The summed E-state index contributed by atoms with van der Waals surface area (Å²) in [5.74, 6) is 0.895. The Labute approximate surface area is 120 Å². The van der Waals surface area contributed by atoms with Gasteiger partial charge in [0.15, 0.2) is 0 Å². The first-order chi connectivity index (χ1) is 9.88. The Morgan fingerprint density at radius 3 is 2.35 bits per heavy atom. The van der Waals surface area contributed by atoms with E-state index in [1.807, 2.05) is 42.5 Å². The van der Waals surface area contributed by atoms with Crippen molar-refractivity contribution in [2.45, 2.75) is 13.0 Å². The smallest absolute Gasteiger partial charge is 0.119 e. The average molecular weight is 271 g/mol. The van der Waals surface area contributed by atoms with E-state index in [1.54, 1.807) is 0 Å². The molecule has 2 N–H and O–H groups in total. The van der Waals surface area contributed by atoms with Gasteiger partial charge in [0.25, 0.3) is 0 Å². The second-order valence-electron chi connectivity index (χ2n) is 4.63. The van der Waals surface area contributed by atoms with Crippen molar-refractivity contribution in [3.63, 3.8) is 0 Å². The van der Waals surface area contributed by atoms with Crippen LogP contribution in [0.2, 0.25) is 0 Å². The second-order valence-corrected chi connectivity index (χ2v) is 4.63. The second kappa shape index (κ2) is 8.35. The molecule has 20 heavy (non-hydrogen) atoms. The molecule has 0 atom stereocenters. The maximum absolute atomic E-state index is 8.70. The van der Waals surface area contributed by atoms with Crippen molar-refractivity contribution < 1.29 is 9.84 Å². The van der Waals surface area contributed by atoms with Crippen LogP contribution in [0.4, 0.5) is 0 Å². The van der Waals surface area contributed by atoms with Crippen molar-refractivity contribution in [3.8, 4) is 5.75 Å². The molecule has 0 spiro atoms. The van der Waals surface area contributed by atoms with Crippen LogP contribution in [-0.2, 0) is 13.0 Å². The average Bonchev–Trinajstić information content (AvgIpc) is 2.50. The van der Waals surface area contributed by atoms with Crippen LogP contribution in [0.1, 0.15) is 11.1 Å². The lowest BCUT2D eigenvalue weighted by atomic mass is 10.2. The molecule has 0 saturated heterocycles. The van der Waals surface area contributed by atoms with Gasteiger partial charge in [0, 0.05) is 19.5 Å². The van der Waals surface area contributed by atoms with Crippen LogP contribution in [0.3, 0.4) is 0 Å². The number of aliphatic hydroxyl groups excluding tert-OH is 1. The minimum absolute atomic E-state index is 0.167. The number of benzene rings is 2. The highest BCUT2D eigenvalue weighted by Gasteiger charge is 1.97. The molecule has 3 nitrogen and oxygen atoms in total. The van der Waals surface area contributed by atoms with Gasteiger partial charge in [-0.3, -0.25) is 0 Å². The molecule has 2 rings (SSSR count). The number of hydrogen-bond donors (Lipinski definition) is 2. The van der Waals surface area contributed by atoms with Gasteiger partial charge in [0.2, 0.25) is 0 Å². The van der Waals surface area contributed by atoms with E-state index in [0.29, 0.717) is 13.2 Å². The van der Waals surface area contributed by atoms with E-state index in [0.717, 1.165) is 18.7 Å². The number of aliphatic hydroxyl groups is 1. The van der Waals surface area contributed by atoms with Crippen LogP contribution in [-0.4, -0.2) is 24.9 Å². The molecule has 0 bridgehead atoms. The summed E-state index contributed by atoms with van der Waals surface area (Å²) >= 11 is 0. The molecule has 3 heteroatoms. The first kappa shape index (κ1) is 14.6. The Hall–Kier alpha value is -1.84. The monoisotopic (exact) mass is 271 g/mol. The predicted octanol–water partition coefficient (Wildman–Crippen LogP) is 2.39. The van der Waals surface area contributed by atoms with Gasteiger partial charge in [-0.05, 0) is 23.3 Å². The topological polar surface area (TPSA) is 41.5 Å². The molecule has 0 aliphatic carbocycles. The lowest BCUT2D eigenvalue weighted by Gasteiger charge is -2.08. The first-order valence-electron chi connectivity index (χ1n) is 6.96. The van der Waals surface area contributed by atoms with E-state index in [4.69, 9.17) is 9.84 Å². The summed E-state index contributed by atoms with van der Waals surface area (Å²) < 4.78 is 5.73. The standard InChI is InChI=1S/C17H21NO2/c19-12-11-18-14-16-6-8-17(9-7-16)20-13-10-15-4-2-1-3-5-15/h1-9,18-19H,10-14H2. The third-order valence-electron chi connectivity index (χ3n) is 3.04. The highest BCUT2D eigenvalue weighted by Crippen LogP contribution is 2.12. The molecule has 0 saturated carbocycles. The van der Waals surface area contributed by atoms with Gasteiger partial charge >= 0.3 is 0 Å². The third kappa shape index (κ3) is 5.03. The van der Waals surface area contributed by atoms with Crippen LogP contribution < -0.4 is 10.1 Å². The van der Waals surface area contributed by atoms with Gasteiger partial charge in [0.05, 0.1) is 13.2 Å². The van der Waals surface area contributed by atoms with Gasteiger partial charge in [-0.2, -0.15) is 0 Å². The van der Waals surface area contributed by atoms with Crippen LogP contribution in [0, 0.1) is 0 Å². The van der Waals surface area contributed by atoms with Gasteiger partial charge in [-0.15, -0.1) is 0 Å². The molecule has 0 amide bonds. The zero-order valence-electron chi connectivity index (χ0n) is 11.6. The summed E-state index contributed by atoms with van der Waals surface area (Å²) in [5, 5.41) is 11.8. The molecule has 0 heterocycles. The van der Waals surface area contributed by atoms with Crippen molar-refractivity contribution in [1.82, 2.24) is 5.32 Å². The fourth-order valence-electron chi connectivity index (χ4n) is 1.95. The summed E-state index contributed by atoms with van der Waals surface area (Å²) in [6.07, 6.45) is 0.917. The summed E-state index contributed by atoms with van der Waals surface area (Å²) in [6.45, 7) is 2.24. The summed E-state index contributed by atoms with van der Waals surface area (Å²) in [7, 11) is 0. The molecule has 0 fully saturated rings. The minimum Gasteiger partial charge on any atom is -0.493 e. The molecular formula is C17H21NO2. The SMILES string of the molecule is OCCNCc1ccc(OCCc2ccccc2)cc1. The van der Waals surface area contributed by atoms with Crippen molar-refractivity contribution in [2.24, 2.45) is 0 Å². The van der Waals surface area contributed by atoms with Crippen LogP contribution in [0.15, 0.2) is 54.6 Å². The molecular weight excluding hydrogens is 250 g/mol. The van der Waals surface area contributed by atoms with Crippen molar-refractivity contribution >= 4 is 0 Å². The first-order valence-corrected chi connectivity index (χ1v) is 6.96. The van der Waals surface area contributed by atoms with E-state index in [9.17, 15) is 0 Å². The van der Waals surface area contributed by atoms with E-state index >= 15 is 0 Å². The molecule has 0 unspecified atom stereocenters. The van der Waals surface area contributed by atoms with E-state index in [1.165, 1.54) is 11.1 Å². The number of ether oxygens (including phenoxy) is 1. The number of hydrogen-bond acceptors (Lipinski definition) is 3. The Balaban J connectivity index is 1.73. The van der Waals surface area contributed by atoms with Gasteiger partial charge < -0.3 is 15.2 Å². The maximum atomic E-state index is 8.70. The number of nitrogens with one attached hydrogen (secondary N) is 1. The van der Waals surface area contributed by atoms with E-state index < -0.39 is 0 Å². The molecule has 2 aromatic rings. The third-order valence-corrected chi connectivity index (χ3v) is 3.04. The largest absolute Gasteiger partial charge is 0.493 e. The Morgan fingerprint density at radius 1 is 0.900 bits per heavy atom. The molecule has 0 aromatic heterocycles. The summed E-state index contributed by atoms with van der Waals surface area (Å²) in [4.78, 5) is 0. The molecule has 106 valence electrons. The Kier molecular flexibility index (Phi) is 6.08.